The van der Waals surface area contributed by atoms with Crippen LogP contribution >= 0.6 is 0 Å². The first-order chi connectivity index (χ1) is 11.5. The fourth-order valence-corrected chi connectivity index (χ4v) is 3.74. The Bertz CT molecular complexity index is 1190. The summed E-state index contributed by atoms with van der Waals surface area (Å²) < 4.78 is 0. The number of rotatable bonds is 0. The monoisotopic (exact) mass is 314 g/mol. The van der Waals surface area contributed by atoms with E-state index in [9.17, 15) is 0 Å². The number of nitrogens with zero attached hydrogens (tertiary/aromatic N) is 2. The Balaban J connectivity index is 2.02. The van der Waals surface area contributed by atoms with Crippen LogP contribution < -0.4 is 0 Å². The molecule has 0 unspecified atom stereocenters. The fraction of sp³-hybridized carbons (Fsp3) is 0.200. The van der Waals surface area contributed by atoms with Gasteiger partial charge in [0.1, 0.15) is 0 Å². The zero-order valence-electron chi connectivity index (χ0n) is 14.2. The number of hydrogen-bond acceptors (Lipinski definition) is 2. The molecular formula is C20H18N4. The summed E-state index contributed by atoms with van der Waals surface area (Å²) in [6.07, 6.45) is 0. The Morgan fingerprint density at radius 3 is 1.46 bits per heavy atom. The molecule has 0 amide bonds. The molecule has 3 aromatic heterocycles. The molecule has 0 saturated heterocycles. The zero-order chi connectivity index (χ0) is 16.6. The highest BCUT2D eigenvalue weighted by molar-refractivity contribution is 6.11. The predicted molar refractivity (Wildman–Crippen MR) is 99.7 cm³/mol. The molecule has 2 aromatic carbocycles. The second kappa shape index (κ2) is 4.35. The maximum absolute atomic E-state index is 4.98. The van der Waals surface area contributed by atoms with Gasteiger partial charge in [-0.15, -0.1) is 0 Å². The molecule has 24 heavy (non-hydrogen) atoms. The topological polar surface area (TPSA) is 57.4 Å². The number of aromatic nitrogens is 4. The number of aromatic amines is 2. The minimum absolute atomic E-state index is 0.947. The molecule has 4 nitrogen and oxygen atoms in total. The highest BCUT2D eigenvalue weighted by atomic mass is 14.8. The highest BCUT2D eigenvalue weighted by Gasteiger charge is 2.14. The van der Waals surface area contributed by atoms with Gasteiger partial charge in [-0.05, 0) is 63.1 Å². The van der Waals surface area contributed by atoms with E-state index in [1.54, 1.807) is 0 Å². The third-order valence-electron chi connectivity index (χ3n) is 5.30. The van der Waals surface area contributed by atoms with Gasteiger partial charge >= 0.3 is 0 Å². The first-order valence-electron chi connectivity index (χ1n) is 8.22. The van der Waals surface area contributed by atoms with E-state index in [0.717, 1.165) is 33.1 Å². The van der Waals surface area contributed by atoms with Crippen LogP contribution in [-0.2, 0) is 0 Å². The summed E-state index contributed by atoms with van der Waals surface area (Å²) in [6.45, 7) is 8.49. The first-order valence-corrected chi connectivity index (χ1v) is 8.22. The molecule has 5 aromatic rings. The summed E-state index contributed by atoms with van der Waals surface area (Å²) >= 11 is 0. The van der Waals surface area contributed by atoms with Crippen LogP contribution in [0.3, 0.4) is 0 Å². The van der Waals surface area contributed by atoms with Crippen molar-refractivity contribution in [1.29, 1.82) is 0 Å². The van der Waals surface area contributed by atoms with Crippen molar-refractivity contribution in [3.8, 4) is 0 Å². The summed E-state index contributed by atoms with van der Waals surface area (Å²) in [5.74, 6) is 0. The molecule has 0 radical (unpaired) electrons. The molecule has 2 N–H and O–H groups in total. The number of benzene rings is 2. The van der Waals surface area contributed by atoms with E-state index >= 15 is 0 Å². The molecule has 118 valence electrons. The Morgan fingerprint density at radius 1 is 0.625 bits per heavy atom. The molecule has 5 rings (SSSR count). The van der Waals surface area contributed by atoms with Gasteiger partial charge in [0.15, 0.2) is 0 Å². The second-order valence-corrected chi connectivity index (χ2v) is 6.69. The van der Waals surface area contributed by atoms with Crippen LogP contribution in [0, 0.1) is 27.7 Å². The number of nitrogens with one attached hydrogen (secondary N) is 2. The van der Waals surface area contributed by atoms with Crippen molar-refractivity contribution in [2.45, 2.75) is 27.7 Å². The average molecular weight is 314 g/mol. The van der Waals surface area contributed by atoms with Gasteiger partial charge in [0.25, 0.3) is 0 Å². The third-order valence-corrected chi connectivity index (χ3v) is 5.30. The van der Waals surface area contributed by atoms with Crippen LogP contribution in [0.4, 0.5) is 0 Å². The van der Waals surface area contributed by atoms with Gasteiger partial charge in [-0.1, -0.05) is 0 Å². The Morgan fingerprint density at radius 2 is 1.04 bits per heavy atom. The number of fused-ring (bicyclic) bond motifs is 6. The van der Waals surface area contributed by atoms with Gasteiger partial charge in [-0.3, -0.25) is 0 Å². The smallest absolute Gasteiger partial charge is 0.0991 e. The molecule has 0 fully saturated rings. The van der Waals surface area contributed by atoms with E-state index in [4.69, 9.17) is 9.97 Å². The number of aryl methyl sites for hydroxylation is 4. The van der Waals surface area contributed by atoms with Crippen molar-refractivity contribution in [2.75, 3.05) is 0 Å². The van der Waals surface area contributed by atoms with Crippen molar-refractivity contribution in [3.05, 3.63) is 46.8 Å². The van der Waals surface area contributed by atoms with E-state index in [2.05, 4.69) is 61.9 Å². The maximum atomic E-state index is 4.98. The highest BCUT2D eigenvalue weighted by Crippen LogP contribution is 2.32. The standard InChI is InChI=1S/C20H18N4/c1-9-11(3)21-13-5-7-15-19(17(9)13)23-16-8-6-14-18(20(16)24-15)10(2)12(4)22-14/h5-8,21-22H,1-4H3. The van der Waals surface area contributed by atoms with Gasteiger partial charge in [0.2, 0.25) is 0 Å². The summed E-state index contributed by atoms with van der Waals surface area (Å²) in [5, 5.41) is 2.36. The van der Waals surface area contributed by atoms with Crippen molar-refractivity contribution in [2.24, 2.45) is 0 Å². The van der Waals surface area contributed by atoms with Crippen LogP contribution in [-0.4, -0.2) is 19.9 Å². The second-order valence-electron chi connectivity index (χ2n) is 6.69. The first kappa shape index (κ1) is 13.5. The van der Waals surface area contributed by atoms with Crippen molar-refractivity contribution < 1.29 is 0 Å². The molecular weight excluding hydrogens is 296 g/mol. The lowest BCUT2D eigenvalue weighted by Crippen LogP contribution is -1.90. The normalized spacial score (nSPS) is 12.2. The number of H-pyrrole nitrogens is 2. The van der Waals surface area contributed by atoms with E-state index < -0.39 is 0 Å². The molecule has 0 aliphatic heterocycles. The van der Waals surface area contributed by atoms with Crippen LogP contribution in [0.1, 0.15) is 22.5 Å². The molecule has 4 heteroatoms. The van der Waals surface area contributed by atoms with Gasteiger partial charge in [0.05, 0.1) is 22.1 Å². The molecule has 0 saturated carbocycles. The van der Waals surface area contributed by atoms with Crippen molar-refractivity contribution >= 4 is 43.9 Å². The SMILES string of the molecule is Cc1[nH]c2ccc3nc4c(ccc5[nH]c(C)c(C)c54)nc3c2c1C. The van der Waals surface area contributed by atoms with E-state index in [1.807, 2.05) is 0 Å². The molecule has 0 bridgehead atoms. The van der Waals surface area contributed by atoms with Gasteiger partial charge in [-0.2, -0.15) is 0 Å². The van der Waals surface area contributed by atoms with Crippen LogP contribution in [0.2, 0.25) is 0 Å². The molecule has 0 spiro atoms. The van der Waals surface area contributed by atoms with E-state index in [1.165, 1.54) is 33.3 Å². The largest absolute Gasteiger partial charge is 0.358 e. The summed E-state index contributed by atoms with van der Waals surface area (Å²) in [6, 6.07) is 8.33. The predicted octanol–water partition coefficient (Wildman–Crippen LogP) is 4.98. The Hall–Kier alpha value is -2.88. The van der Waals surface area contributed by atoms with Gasteiger partial charge in [0, 0.05) is 33.2 Å². The quantitative estimate of drug-likeness (QED) is 0.396. The lowest BCUT2D eigenvalue weighted by molar-refractivity contribution is 1.25. The Labute approximate surface area is 138 Å². The minimum atomic E-state index is 0.947. The van der Waals surface area contributed by atoms with Gasteiger partial charge in [-0.25, -0.2) is 9.97 Å². The Kier molecular flexibility index (Phi) is 2.46. The lowest BCUT2D eigenvalue weighted by Gasteiger charge is -2.05. The van der Waals surface area contributed by atoms with Gasteiger partial charge < -0.3 is 9.97 Å². The molecule has 0 aliphatic carbocycles. The minimum Gasteiger partial charge on any atom is -0.358 e. The zero-order valence-corrected chi connectivity index (χ0v) is 14.2. The van der Waals surface area contributed by atoms with Crippen molar-refractivity contribution in [3.63, 3.8) is 0 Å². The van der Waals surface area contributed by atoms with Crippen LogP contribution in [0.25, 0.3) is 43.9 Å². The summed E-state index contributed by atoms with van der Waals surface area (Å²) in [7, 11) is 0. The van der Waals surface area contributed by atoms with Crippen molar-refractivity contribution in [1.82, 2.24) is 19.9 Å². The van der Waals surface area contributed by atoms with E-state index in [-0.39, 0.29) is 0 Å². The lowest BCUT2D eigenvalue weighted by atomic mass is 10.1. The molecule has 0 atom stereocenters. The summed E-state index contributed by atoms with van der Waals surface area (Å²) in [5.41, 5.74) is 11.0. The van der Waals surface area contributed by atoms with Crippen LogP contribution in [0.15, 0.2) is 24.3 Å². The maximum Gasteiger partial charge on any atom is 0.0991 e. The van der Waals surface area contributed by atoms with E-state index in [0.29, 0.717) is 0 Å². The number of hydrogen-bond donors (Lipinski definition) is 2. The molecule has 0 aliphatic rings. The fourth-order valence-electron chi connectivity index (χ4n) is 3.74. The van der Waals surface area contributed by atoms with Crippen LogP contribution in [0.5, 0.6) is 0 Å². The third kappa shape index (κ3) is 1.58. The average Bonchev–Trinajstić information content (AvgIpc) is 3.03. The molecule has 3 heterocycles. The summed E-state index contributed by atoms with van der Waals surface area (Å²) in [4.78, 5) is 16.8.